The van der Waals surface area contributed by atoms with Crippen LogP contribution < -0.4 is 15.8 Å². The minimum atomic E-state index is -0.229. The number of likely N-dealkylation sites (N-methyl/N-ethyl adjacent to an activating group) is 1. The molecule has 5 nitrogen and oxygen atoms in total. The summed E-state index contributed by atoms with van der Waals surface area (Å²) in [4.78, 5) is 15.0. The van der Waals surface area contributed by atoms with Gasteiger partial charge in [-0.3, -0.25) is 4.79 Å². The Kier molecular flexibility index (Phi) is 4.78. The monoisotopic (exact) mass is 389 g/mol. The number of halogens is 1. The van der Waals surface area contributed by atoms with Crippen molar-refractivity contribution in [3.05, 3.63) is 51.5 Å². The van der Waals surface area contributed by atoms with Gasteiger partial charge in [-0.15, -0.1) is 0 Å². The highest BCUT2D eigenvalue weighted by Crippen LogP contribution is 2.32. The minimum absolute atomic E-state index is 0.229. The number of amides is 1. The highest BCUT2D eigenvalue weighted by molar-refractivity contribution is 9.10. The van der Waals surface area contributed by atoms with Crippen molar-refractivity contribution in [1.82, 2.24) is 4.90 Å². The summed E-state index contributed by atoms with van der Waals surface area (Å²) in [5.74, 6) is 0.160. The van der Waals surface area contributed by atoms with Crippen LogP contribution in [-0.4, -0.2) is 31.5 Å². The number of carbonyl (C=O) groups is 1. The third-order valence-electron chi connectivity index (χ3n) is 4.24. The number of nitrogen functional groups attached to an aromatic ring is 1. The average molecular weight is 390 g/mol. The van der Waals surface area contributed by atoms with Crippen LogP contribution in [0.1, 0.15) is 21.5 Å². The number of hydrogen-bond donors (Lipinski definition) is 2. The fraction of sp³-hybridized carbons (Fsp3) is 0.278. The Morgan fingerprint density at radius 1 is 1.38 bits per heavy atom. The van der Waals surface area contributed by atoms with Crippen molar-refractivity contribution in [3.8, 4) is 5.75 Å². The first kappa shape index (κ1) is 16.8. The van der Waals surface area contributed by atoms with Gasteiger partial charge in [0.25, 0.3) is 5.91 Å². The van der Waals surface area contributed by atoms with Gasteiger partial charge in [0.2, 0.25) is 0 Å². The lowest BCUT2D eigenvalue weighted by molar-refractivity contribution is 0.102. The third kappa shape index (κ3) is 3.25. The number of ether oxygens (including phenoxy) is 1. The first-order valence-corrected chi connectivity index (χ1v) is 8.52. The Morgan fingerprint density at radius 3 is 2.92 bits per heavy atom. The number of rotatable bonds is 3. The number of methoxy groups -OCH3 is 1. The van der Waals surface area contributed by atoms with Gasteiger partial charge < -0.3 is 20.7 Å². The Morgan fingerprint density at radius 2 is 2.17 bits per heavy atom. The van der Waals surface area contributed by atoms with Gasteiger partial charge in [-0.2, -0.15) is 0 Å². The van der Waals surface area contributed by atoms with Crippen LogP contribution in [0.5, 0.6) is 5.75 Å². The van der Waals surface area contributed by atoms with E-state index < -0.39 is 0 Å². The maximum Gasteiger partial charge on any atom is 0.259 e. The lowest BCUT2D eigenvalue weighted by Crippen LogP contribution is -2.27. The van der Waals surface area contributed by atoms with Crippen molar-refractivity contribution in [3.63, 3.8) is 0 Å². The smallest absolute Gasteiger partial charge is 0.259 e. The first-order chi connectivity index (χ1) is 11.5. The summed E-state index contributed by atoms with van der Waals surface area (Å²) in [7, 11) is 3.61. The van der Waals surface area contributed by atoms with Gasteiger partial charge in [0.1, 0.15) is 0 Å². The molecule has 126 valence electrons. The fourth-order valence-corrected chi connectivity index (χ4v) is 3.54. The molecule has 1 heterocycles. The molecule has 3 N–H and O–H groups in total. The van der Waals surface area contributed by atoms with E-state index in [2.05, 4.69) is 39.3 Å². The van der Waals surface area contributed by atoms with Crippen LogP contribution in [0.25, 0.3) is 0 Å². The van der Waals surface area contributed by atoms with Gasteiger partial charge in [-0.05, 0) is 42.8 Å². The number of nitrogens with one attached hydrogen (secondary N) is 1. The van der Waals surface area contributed by atoms with Crippen LogP contribution in [0.4, 0.5) is 11.4 Å². The van der Waals surface area contributed by atoms with E-state index in [0.29, 0.717) is 17.0 Å². The van der Waals surface area contributed by atoms with Gasteiger partial charge in [0, 0.05) is 23.2 Å². The molecule has 0 aromatic heterocycles. The number of hydrogen-bond acceptors (Lipinski definition) is 4. The molecule has 0 bridgehead atoms. The quantitative estimate of drug-likeness (QED) is 0.790. The van der Waals surface area contributed by atoms with Crippen molar-refractivity contribution >= 4 is 33.2 Å². The maximum absolute atomic E-state index is 12.8. The molecule has 1 aliphatic rings. The van der Waals surface area contributed by atoms with E-state index in [1.54, 1.807) is 12.1 Å². The first-order valence-electron chi connectivity index (χ1n) is 7.73. The van der Waals surface area contributed by atoms with E-state index in [9.17, 15) is 4.79 Å². The summed E-state index contributed by atoms with van der Waals surface area (Å²) in [6.07, 6.45) is 0.917. The topological polar surface area (TPSA) is 67.6 Å². The summed E-state index contributed by atoms with van der Waals surface area (Å²) in [6, 6.07) is 9.46. The molecular formula is C18H20BrN3O2. The Balaban J connectivity index is 1.93. The van der Waals surface area contributed by atoms with Crippen molar-refractivity contribution in [2.75, 3.05) is 31.8 Å². The number of benzene rings is 2. The average Bonchev–Trinajstić information content (AvgIpc) is 2.54. The van der Waals surface area contributed by atoms with Crippen LogP contribution in [0, 0.1) is 0 Å². The SMILES string of the molecule is COc1c(N)cc(Br)cc1C(=O)Nc1cccc2c1CCN(C)C2. The predicted octanol–water partition coefficient (Wildman–Crippen LogP) is 3.28. The number of carbonyl (C=O) groups excluding carboxylic acids is 1. The number of nitrogens with zero attached hydrogens (tertiary/aromatic N) is 1. The van der Waals surface area contributed by atoms with E-state index in [1.165, 1.54) is 18.2 Å². The largest absolute Gasteiger partial charge is 0.494 e. The van der Waals surface area contributed by atoms with Crippen LogP contribution in [0.15, 0.2) is 34.8 Å². The number of anilines is 2. The second kappa shape index (κ2) is 6.83. The molecule has 1 aliphatic heterocycles. The Hall–Kier alpha value is -2.05. The maximum atomic E-state index is 12.8. The van der Waals surface area contributed by atoms with Crippen molar-refractivity contribution < 1.29 is 9.53 Å². The molecule has 0 fully saturated rings. The molecule has 2 aromatic carbocycles. The summed E-state index contributed by atoms with van der Waals surface area (Å²) in [6.45, 7) is 1.87. The Labute approximate surface area is 149 Å². The molecule has 6 heteroatoms. The zero-order valence-electron chi connectivity index (χ0n) is 13.7. The second-order valence-corrected chi connectivity index (χ2v) is 6.88. The molecule has 24 heavy (non-hydrogen) atoms. The molecule has 0 saturated heterocycles. The molecule has 0 atom stereocenters. The molecule has 0 saturated carbocycles. The van der Waals surface area contributed by atoms with E-state index in [0.717, 1.165) is 29.7 Å². The molecule has 0 spiro atoms. The fourth-order valence-electron chi connectivity index (χ4n) is 3.07. The van der Waals surface area contributed by atoms with Crippen molar-refractivity contribution in [1.29, 1.82) is 0 Å². The standard InChI is InChI=1S/C18H20BrN3O2/c1-22-7-6-13-11(10-22)4-3-5-16(13)21-18(23)14-8-12(19)9-15(20)17(14)24-2/h3-5,8-9H,6-7,10,20H2,1-2H3,(H,21,23). The molecule has 0 aliphatic carbocycles. The van der Waals surface area contributed by atoms with Crippen LogP contribution in [0.2, 0.25) is 0 Å². The van der Waals surface area contributed by atoms with Gasteiger partial charge in [-0.25, -0.2) is 0 Å². The molecule has 3 rings (SSSR count). The van der Waals surface area contributed by atoms with Crippen molar-refractivity contribution in [2.45, 2.75) is 13.0 Å². The van der Waals surface area contributed by atoms with E-state index >= 15 is 0 Å². The zero-order chi connectivity index (χ0) is 17.3. The molecule has 2 aromatic rings. The van der Waals surface area contributed by atoms with Crippen molar-refractivity contribution in [2.24, 2.45) is 0 Å². The summed E-state index contributed by atoms with van der Waals surface area (Å²) >= 11 is 3.38. The van der Waals surface area contributed by atoms with Gasteiger partial charge in [-0.1, -0.05) is 28.1 Å². The lowest BCUT2D eigenvalue weighted by atomic mass is 9.98. The molecule has 0 unspecified atom stereocenters. The summed E-state index contributed by atoms with van der Waals surface area (Å²) in [5, 5.41) is 3.02. The Bertz CT molecular complexity index is 792. The number of fused-ring (bicyclic) bond motifs is 1. The van der Waals surface area contributed by atoms with E-state index in [1.807, 2.05) is 12.1 Å². The van der Waals surface area contributed by atoms with Crippen LogP contribution in [0.3, 0.4) is 0 Å². The van der Waals surface area contributed by atoms with Gasteiger partial charge in [0.05, 0.1) is 18.4 Å². The van der Waals surface area contributed by atoms with Gasteiger partial charge in [0.15, 0.2) is 5.75 Å². The molecule has 1 amide bonds. The zero-order valence-corrected chi connectivity index (χ0v) is 15.3. The summed E-state index contributed by atoms with van der Waals surface area (Å²) in [5.41, 5.74) is 10.1. The molecule has 0 radical (unpaired) electrons. The third-order valence-corrected chi connectivity index (χ3v) is 4.69. The number of nitrogens with two attached hydrogens (primary N) is 1. The van der Waals surface area contributed by atoms with Crippen LogP contribution in [-0.2, 0) is 13.0 Å². The second-order valence-electron chi connectivity index (χ2n) is 5.96. The van der Waals surface area contributed by atoms with Crippen LogP contribution >= 0.6 is 15.9 Å². The highest BCUT2D eigenvalue weighted by Gasteiger charge is 2.20. The van der Waals surface area contributed by atoms with E-state index in [-0.39, 0.29) is 5.91 Å². The van der Waals surface area contributed by atoms with E-state index in [4.69, 9.17) is 10.5 Å². The minimum Gasteiger partial charge on any atom is -0.494 e. The van der Waals surface area contributed by atoms with Gasteiger partial charge >= 0.3 is 0 Å². The summed E-state index contributed by atoms with van der Waals surface area (Å²) < 4.78 is 6.04. The molecular weight excluding hydrogens is 370 g/mol. The predicted molar refractivity (Wildman–Crippen MR) is 99.5 cm³/mol. The normalized spacial score (nSPS) is 14.1. The highest BCUT2D eigenvalue weighted by atomic mass is 79.9. The lowest BCUT2D eigenvalue weighted by Gasteiger charge is -2.26.